The number of nitro groups is 1. The van der Waals surface area contributed by atoms with Gasteiger partial charge in [0.05, 0.1) is 4.92 Å². The summed E-state index contributed by atoms with van der Waals surface area (Å²) in [5.41, 5.74) is 1.87. The van der Waals surface area contributed by atoms with Crippen molar-refractivity contribution in [1.29, 1.82) is 0 Å². The van der Waals surface area contributed by atoms with Crippen LogP contribution in [0.1, 0.15) is 24.0 Å². The Balaban J connectivity index is 1.62. The Kier molecular flexibility index (Phi) is 4.33. The van der Waals surface area contributed by atoms with Crippen LogP contribution in [0.5, 0.6) is 0 Å². The molecule has 0 unspecified atom stereocenters. The topological polar surface area (TPSA) is 83.8 Å². The van der Waals surface area contributed by atoms with E-state index < -0.39 is 4.92 Å². The summed E-state index contributed by atoms with van der Waals surface area (Å²) in [7, 11) is 0. The minimum absolute atomic E-state index is 0.0549. The van der Waals surface area contributed by atoms with Crippen LogP contribution in [-0.2, 0) is 22.7 Å². The number of fused-ring (bicyclic) bond motifs is 1. The highest BCUT2D eigenvalue weighted by Gasteiger charge is 2.32. The third-order valence-corrected chi connectivity index (χ3v) is 4.77. The summed E-state index contributed by atoms with van der Waals surface area (Å²) < 4.78 is 0. The molecule has 7 nitrogen and oxygen atoms in total. The van der Waals surface area contributed by atoms with Crippen LogP contribution in [-0.4, -0.2) is 39.6 Å². The number of nitro benzene ring substituents is 1. The van der Waals surface area contributed by atoms with Crippen molar-refractivity contribution in [3.63, 3.8) is 0 Å². The highest BCUT2D eigenvalue weighted by Crippen LogP contribution is 2.29. The molecular formula is C17H19N3O4. The molecule has 1 aromatic rings. The van der Waals surface area contributed by atoms with Gasteiger partial charge in [-0.3, -0.25) is 19.7 Å². The molecule has 24 heavy (non-hydrogen) atoms. The maximum atomic E-state index is 12.7. The third kappa shape index (κ3) is 3.02. The number of nitrogens with zero attached hydrogens (tertiary/aromatic N) is 3. The van der Waals surface area contributed by atoms with E-state index in [2.05, 4.69) is 6.58 Å². The average molecular weight is 329 g/mol. The lowest BCUT2D eigenvalue weighted by Crippen LogP contribution is -2.42. The quantitative estimate of drug-likeness (QED) is 0.481. The molecule has 0 spiro atoms. The van der Waals surface area contributed by atoms with Gasteiger partial charge in [-0.05, 0) is 30.0 Å². The van der Waals surface area contributed by atoms with Crippen molar-refractivity contribution in [3.05, 3.63) is 52.1 Å². The molecule has 3 rings (SSSR count). The molecule has 2 heterocycles. The highest BCUT2D eigenvalue weighted by molar-refractivity contribution is 5.87. The first-order valence-corrected chi connectivity index (χ1v) is 7.96. The van der Waals surface area contributed by atoms with Gasteiger partial charge in [-0.1, -0.05) is 12.6 Å². The van der Waals surface area contributed by atoms with Crippen molar-refractivity contribution in [2.45, 2.75) is 25.9 Å². The number of likely N-dealkylation sites (tertiary alicyclic amines) is 1. The molecule has 1 aromatic carbocycles. The number of carbonyl (C=O) groups is 2. The molecule has 0 saturated carbocycles. The lowest BCUT2D eigenvalue weighted by molar-refractivity contribution is -0.384. The molecule has 2 aliphatic heterocycles. The van der Waals surface area contributed by atoms with E-state index in [0.29, 0.717) is 39.0 Å². The number of rotatable bonds is 3. The van der Waals surface area contributed by atoms with E-state index in [1.807, 2.05) is 0 Å². The summed E-state index contributed by atoms with van der Waals surface area (Å²) in [6.45, 7) is 5.52. The first-order valence-electron chi connectivity index (χ1n) is 7.96. The van der Waals surface area contributed by atoms with Gasteiger partial charge in [0, 0.05) is 44.2 Å². The number of hydrogen-bond donors (Lipinski definition) is 0. The minimum Gasteiger partial charge on any atom is -0.339 e. The Morgan fingerprint density at radius 2 is 1.83 bits per heavy atom. The van der Waals surface area contributed by atoms with Crippen LogP contribution < -0.4 is 0 Å². The van der Waals surface area contributed by atoms with Gasteiger partial charge in [-0.25, -0.2) is 0 Å². The van der Waals surface area contributed by atoms with Crippen LogP contribution in [0.4, 0.5) is 5.69 Å². The van der Waals surface area contributed by atoms with Gasteiger partial charge in [0.25, 0.3) is 5.69 Å². The maximum absolute atomic E-state index is 12.7. The molecule has 0 radical (unpaired) electrons. The van der Waals surface area contributed by atoms with Crippen LogP contribution in [0.2, 0.25) is 0 Å². The van der Waals surface area contributed by atoms with E-state index in [0.717, 1.165) is 11.1 Å². The molecular weight excluding hydrogens is 310 g/mol. The summed E-state index contributed by atoms with van der Waals surface area (Å²) >= 11 is 0. The molecule has 0 aliphatic carbocycles. The molecule has 1 fully saturated rings. The first-order chi connectivity index (χ1) is 11.5. The van der Waals surface area contributed by atoms with Gasteiger partial charge in [0.15, 0.2) is 0 Å². The van der Waals surface area contributed by atoms with Crippen LogP contribution in [0.25, 0.3) is 0 Å². The normalized spacial score (nSPS) is 17.5. The van der Waals surface area contributed by atoms with Gasteiger partial charge in [0.2, 0.25) is 11.8 Å². The van der Waals surface area contributed by atoms with Gasteiger partial charge < -0.3 is 9.80 Å². The van der Waals surface area contributed by atoms with E-state index >= 15 is 0 Å². The third-order valence-electron chi connectivity index (χ3n) is 4.77. The number of non-ortho nitro benzene ring substituents is 1. The highest BCUT2D eigenvalue weighted by atomic mass is 16.6. The largest absolute Gasteiger partial charge is 0.339 e. The van der Waals surface area contributed by atoms with Gasteiger partial charge in [0.1, 0.15) is 0 Å². The molecule has 2 aliphatic rings. The second-order valence-corrected chi connectivity index (χ2v) is 6.21. The number of benzene rings is 1. The van der Waals surface area contributed by atoms with E-state index in [4.69, 9.17) is 0 Å². The standard InChI is InChI=1S/C17H19N3O4/c1-2-16(21)18-7-5-12(6-8-18)17(22)19-10-13-3-4-15(20(23)24)9-14(13)11-19/h2-4,9,12H,1,5-8,10-11H2. The zero-order valence-electron chi connectivity index (χ0n) is 13.3. The van der Waals surface area contributed by atoms with Crippen LogP contribution in [0, 0.1) is 16.0 Å². The Hall–Kier alpha value is -2.70. The summed E-state index contributed by atoms with van der Waals surface area (Å²) in [6, 6.07) is 4.76. The average Bonchev–Trinajstić information content (AvgIpc) is 3.03. The van der Waals surface area contributed by atoms with E-state index in [9.17, 15) is 19.7 Å². The Labute approximate surface area is 139 Å². The zero-order valence-corrected chi connectivity index (χ0v) is 13.3. The van der Waals surface area contributed by atoms with E-state index in [1.54, 1.807) is 21.9 Å². The fourth-order valence-electron chi connectivity index (χ4n) is 3.38. The Bertz CT molecular complexity index is 708. The molecule has 2 amide bonds. The second kappa shape index (κ2) is 6.43. The minimum atomic E-state index is -0.420. The Morgan fingerprint density at radius 1 is 1.17 bits per heavy atom. The summed E-state index contributed by atoms with van der Waals surface area (Å²) in [5, 5.41) is 10.9. The summed E-state index contributed by atoms with van der Waals surface area (Å²) in [4.78, 5) is 38.2. The van der Waals surface area contributed by atoms with Crippen molar-refractivity contribution < 1.29 is 14.5 Å². The lowest BCUT2D eigenvalue weighted by atomic mass is 9.95. The van der Waals surface area contributed by atoms with Gasteiger partial charge in [-0.15, -0.1) is 0 Å². The first kappa shape index (κ1) is 16.2. The zero-order chi connectivity index (χ0) is 17.3. The molecule has 0 N–H and O–H groups in total. The van der Waals surface area contributed by atoms with Crippen molar-refractivity contribution in [2.24, 2.45) is 5.92 Å². The van der Waals surface area contributed by atoms with E-state index in [1.165, 1.54) is 12.1 Å². The predicted molar refractivity (Wildman–Crippen MR) is 86.9 cm³/mol. The van der Waals surface area contributed by atoms with Crippen molar-refractivity contribution in [3.8, 4) is 0 Å². The van der Waals surface area contributed by atoms with Crippen LogP contribution in [0.15, 0.2) is 30.9 Å². The van der Waals surface area contributed by atoms with Crippen molar-refractivity contribution in [2.75, 3.05) is 13.1 Å². The van der Waals surface area contributed by atoms with Gasteiger partial charge in [-0.2, -0.15) is 0 Å². The smallest absolute Gasteiger partial charge is 0.269 e. The van der Waals surface area contributed by atoms with Crippen LogP contribution in [0.3, 0.4) is 0 Å². The lowest BCUT2D eigenvalue weighted by Gasteiger charge is -2.32. The summed E-state index contributed by atoms with van der Waals surface area (Å²) in [5.74, 6) is -0.121. The van der Waals surface area contributed by atoms with Crippen molar-refractivity contribution in [1.82, 2.24) is 9.80 Å². The maximum Gasteiger partial charge on any atom is 0.269 e. The molecule has 126 valence electrons. The second-order valence-electron chi connectivity index (χ2n) is 6.21. The number of carbonyl (C=O) groups excluding carboxylic acids is 2. The number of piperidine rings is 1. The molecule has 0 atom stereocenters. The summed E-state index contributed by atoms with van der Waals surface area (Å²) in [6.07, 6.45) is 2.59. The number of amides is 2. The van der Waals surface area contributed by atoms with Crippen molar-refractivity contribution >= 4 is 17.5 Å². The fraction of sp³-hybridized carbons (Fsp3) is 0.412. The fourth-order valence-corrected chi connectivity index (χ4v) is 3.38. The van der Waals surface area contributed by atoms with Gasteiger partial charge >= 0.3 is 0 Å². The predicted octanol–water partition coefficient (Wildman–Crippen LogP) is 1.86. The van der Waals surface area contributed by atoms with E-state index in [-0.39, 0.29) is 23.4 Å². The molecule has 7 heteroatoms. The SMILES string of the molecule is C=CC(=O)N1CCC(C(=O)N2Cc3ccc([N+](=O)[O-])cc3C2)CC1. The number of hydrogen-bond acceptors (Lipinski definition) is 4. The molecule has 0 aromatic heterocycles. The monoisotopic (exact) mass is 329 g/mol. The van der Waals surface area contributed by atoms with Crippen LogP contribution >= 0.6 is 0 Å². The molecule has 1 saturated heterocycles. The molecule has 0 bridgehead atoms. The Morgan fingerprint density at radius 3 is 2.46 bits per heavy atom.